The lowest BCUT2D eigenvalue weighted by Gasteiger charge is -2.32. The van der Waals surface area contributed by atoms with Crippen LogP contribution in [0, 0.1) is 0 Å². The lowest BCUT2D eigenvalue weighted by molar-refractivity contribution is 0.00578. The lowest BCUT2D eigenvalue weighted by atomic mass is 9.69. The zero-order valence-corrected chi connectivity index (χ0v) is 17.7. The Bertz CT molecular complexity index is 608. The zero-order chi connectivity index (χ0) is 18.3. The molecule has 0 radical (unpaired) electrons. The van der Waals surface area contributed by atoms with E-state index in [4.69, 9.17) is 9.31 Å². The van der Waals surface area contributed by atoms with Gasteiger partial charge in [0.2, 0.25) is 0 Å². The molecule has 25 heavy (non-hydrogen) atoms. The first kappa shape index (κ1) is 18.9. The maximum atomic E-state index is 6.30. The highest BCUT2D eigenvalue weighted by atomic mass is 28.3. The van der Waals surface area contributed by atoms with Crippen LogP contribution < -0.4 is 5.19 Å². The quantitative estimate of drug-likeness (QED) is 0.549. The fraction of sp³-hybridized carbons (Fsp3) is 0.619. The molecule has 0 bridgehead atoms. The van der Waals surface area contributed by atoms with Gasteiger partial charge in [0.1, 0.15) is 0 Å². The molecule has 1 fully saturated rings. The van der Waals surface area contributed by atoms with Crippen LogP contribution in [0.5, 0.6) is 0 Å². The summed E-state index contributed by atoms with van der Waals surface area (Å²) in [6.45, 7) is 13.6. The van der Waals surface area contributed by atoms with Gasteiger partial charge in [-0.3, -0.25) is 0 Å². The third-order valence-electron chi connectivity index (χ3n) is 6.71. The molecule has 1 aromatic carbocycles. The molecule has 2 atom stereocenters. The number of hydrogen-bond acceptors (Lipinski definition) is 2. The molecule has 136 valence electrons. The predicted octanol–water partition coefficient (Wildman–Crippen LogP) is 5.17. The van der Waals surface area contributed by atoms with Crippen molar-refractivity contribution in [1.82, 2.24) is 0 Å². The smallest absolute Gasteiger partial charge is 0.403 e. The van der Waals surface area contributed by atoms with E-state index in [-0.39, 0.29) is 18.3 Å². The van der Waals surface area contributed by atoms with Crippen LogP contribution in [-0.2, 0) is 9.31 Å². The summed E-state index contributed by atoms with van der Waals surface area (Å²) in [5.74, 6) is 0.367. The average Bonchev–Trinajstić information content (AvgIpc) is 2.74. The van der Waals surface area contributed by atoms with Gasteiger partial charge in [-0.15, -0.1) is 0 Å². The van der Waals surface area contributed by atoms with E-state index in [0.29, 0.717) is 11.4 Å². The van der Waals surface area contributed by atoms with Crippen LogP contribution >= 0.6 is 0 Å². The molecule has 1 aliphatic carbocycles. The van der Waals surface area contributed by atoms with E-state index in [2.05, 4.69) is 83.3 Å². The summed E-state index contributed by atoms with van der Waals surface area (Å²) in [5, 5.41) is 1.55. The molecular weight excluding hydrogens is 323 g/mol. The van der Waals surface area contributed by atoms with E-state index in [1.807, 2.05) is 0 Å². The maximum Gasteiger partial charge on any atom is 0.465 e. The molecule has 1 aromatic rings. The molecule has 2 aliphatic rings. The first-order valence-corrected chi connectivity index (χ1v) is 12.8. The molecule has 0 N–H and O–H groups in total. The molecule has 3 rings (SSSR count). The van der Waals surface area contributed by atoms with Gasteiger partial charge in [-0.25, -0.2) is 0 Å². The molecule has 2 nitrogen and oxygen atoms in total. The zero-order valence-electron chi connectivity index (χ0n) is 16.7. The number of benzene rings is 1. The summed E-state index contributed by atoms with van der Waals surface area (Å²) in [4.78, 5) is 0. The first-order valence-electron chi connectivity index (χ1n) is 9.73. The molecule has 1 aliphatic heterocycles. The van der Waals surface area contributed by atoms with E-state index in [0.717, 1.165) is 6.42 Å². The minimum absolute atomic E-state index is 0.110. The van der Waals surface area contributed by atoms with Crippen LogP contribution in [0.2, 0.25) is 24.5 Å². The van der Waals surface area contributed by atoms with E-state index >= 15 is 0 Å². The Morgan fingerprint density at radius 3 is 2.12 bits per heavy atom. The van der Waals surface area contributed by atoms with Crippen LogP contribution in [0.15, 0.2) is 42.5 Å². The number of hydrogen-bond donors (Lipinski definition) is 0. The van der Waals surface area contributed by atoms with Crippen LogP contribution in [0.25, 0.3) is 0 Å². The van der Waals surface area contributed by atoms with E-state index < -0.39 is 8.07 Å². The summed E-state index contributed by atoms with van der Waals surface area (Å²) in [6, 6.07) is 11.1. The number of allylic oxidation sites excluding steroid dienone is 2. The van der Waals surface area contributed by atoms with Crippen LogP contribution in [0.3, 0.4) is 0 Å². The predicted molar refractivity (Wildman–Crippen MR) is 110 cm³/mol. The van der Waals surface area contributed by atoms with Crippen molar-refractivity contribution < 1.29 is 9.31 Å². The van der Waals surface area contributed by atoms with Gasteiger partial charge in [0.25, 0.3) is 0 Å². The first-order chi connectivity index (χ1) is 11.6. The second-order valence-corrected chi connectivity index (χ2v) is 14.1. The minimum atomic E-state index is -1.51. The Balaban J connectivity index is 1.75. The Labute approximate surface area is 155 Å². The van der Waals surface area contributed by atoms with Crippen molar-refractivity contribution in [2.24, 2.45) is 0 Å². The molecule has 0 aromatic heterocycles. The number of rotatable bonds is 3. The second-order valence-electron chi connectivity index (χ2n) is 9.30. The molecule has 4 heteroatoms. The van der Waals surface area contributed by atoms with Crippen LogP contribution in [0.4, 0.5) is 0 Å². The van der Waals surface area contributed by atoms with Gasteiger partial charge in [0.05, 0.1) is 19.3 Å². The highest BCUT2D eigenvalue weighted by molar-refractivity contribution is 6.91. The Hall–Kier alpha value is -0.838. The standard InChI is InChI=1S/C21H33BO2Si/c1-20(2)21(3,4)24-22(23-20)17-11-10-14-19(16-15-17)25(5,6)18-12-8-7-9-13-18/h7-9,12-13,15-17,19H,10-11,14H2,1-6H3/t17-,19-/m1/s1. The minimum Gasteiger partial charge on any atom is -0.403 e. The van der Waals surface area contributed by atoms with Crippen LogP contribution in [-0.4, -0.2) is 26.4 Å². The van der Waals surface area contributed by atoms with Crippen molar-refractivity contribution in [1.29, 1.82) is 0 Å². The normalized spacial score (nSPS) is 28.8. The molecule has 0 saturated carbocycles. The van der Waals surface area contributed by atoms with E-state index in [9.17, 15) is 0 Å². The third-order valence-corrected chi connectivity index (χ3v) is 10.9. The fourth-order valence-corrected chi connectivity index (χ4v) is 7.01. The van der Waals surface area contributed by atoms with E-state index in [1.54, 1.807) is 5.19 Å². The van der Waals surface area contributed by atoms with Crippen molar-refractivity contribution in [3.8, 4) is 0 Å². The van der Waals surface area contributed by atoms with Crippen molar-refractivity contribution in [3.63, 3.8) is 0 Å². The molecule has 0 unspecified atom stereocenters. The SMILES string of the molecule is CC1(C)OB([C@H]2C=C[C@H]([Si](C)(C)c3ccccc3)CCC2)OC1(C)C. The summed E-state index contributed by atoms with van der Waals surface area (Å²) in [5.41, 5.74) is 0.201. The van der Waals surface area contributed by atoms with Gasteiger partial charge in [0, 0.05) is 5.82 Å². The van der Waals surface area contributed by atoms with Crippen molar-refractivity contribution in [2.45, 2.75) is 82.6 Å². The monoisotopic (exact) mass is 356 g/mol. The van der Waals surface area contributed by atoms with Crippen molar-refractivity contribution >= 4 is 20.4 Å². The van der Waals surface area contributed by atoms with Gasteiger partial charge in [-0.05, 0) is 46.1 Å². The average molecular weight is 356 g/mol. The molecule has 0 amide bonds. The molecule has 1 heterocycles. The molecular formula is C21H33BO2Si. The highest BCUT2D eigenvalue weighted by Crippen LogP contribution is 2.43. The van der Waals surface area contributed by atoms with Crippen LogP contribution in [0.1, 0.15) is 47.0 Å². The van der Waals surface area contributed by atoms with Gasteiger partial charge < -0.3 is 9.31 Å². The summed E-state index contributed by atoms with van der Waals surface area (Å²) < 4.78 is 12.6. The topological polar surface area (TPSA) is 18.5 Å². The maximum absolute atomic E-state index is 6.30. The van der Waals surface area contributed by atoms with Crippen molar-refractivity contribution in [2.75, 3.05) is 0 Å². The Morgan fingerprint density at radius 2 is 1.52 bits per heavy atom. The third kappa shape index (κ3) is 3.67. The van der Waals surface area contributed by atoms with Gasteiger partial charge in [-0.2, -0.15) is 0 Å². The van der Waals surface area contributed by atoms with Gasteiger partial charge in [0.15, 0.2) is 0 Å². The Morgan fingerprint density at radius 1 is 0.920 bits per heavy atom. The summed E-state index contributed by atoms with van der Waals surface area (Å²) >= 11 is 0. The summed E-state index contributed by atoms with van der Waals surface area (Å²) in [6.07, 6.45) is 8.57. The second kappa shape index (κ2) is 6.71. The van der Waals surface area contributed by atoms with Gasteiger partial charge in [-0.1, -0.05) is 67.2 Å². The highest BCUT2D eigenvalue weighted by Gasteiger charge is 2.53. The van der Waals surface area contributed by atoms with Gasteiger partial charge >= 0.3 is 7.12 Å². The summed E-state index contributed by atoms with van der Waals surface area (Å²) in [7, 11) is -1.61. The largest absolute Gasteiger partial charge is 0.465 e. The molecule has 1 saturated heterocycles. The fourth-order valence-electron chi connectivity index (χ4n) is 4.02. The molecule has 0 spiro atoms. The Kier molecular flexibility index (Phi) is 5.09. The van der Waals surface area contributed by atoms with E-state index in [1.165, 1.54) is 12.8 Å². The van der Waals surface area contributed by atoms with Crippen molar-refractivity contribution in [3.05, 3.63) is 42.5 Å². The lowest BCUT2D eigenvalue weighted by Crippen LogP contribution is -2.45.